The lowest BCUT2D eigenvalue weighted by molar-refractivity contribution is -0.149. The molecule has 0 saturated carbocycles. The van der Waals surface area contributed by atoms with Crippen LogP contribution in [-0.2, 0) is 25.6 Å². The van der Waals surface area contributed by atoms with Crippen LogP contribution >= 0.6 is 0 Å². The van der Waals surface area contributed by atoms with Crippen LogP contribution in [-0.4, -0.2) is 39.4 Å². The number of aromatic nitrogens is 1. The lowest BCUT2D eigenvalue weighted by Gasteiger charge is -2.29. The van der Waals surface area contributed by atoms with Crippen molar-refractivity contribution in [1.29, 1.82) is 0 Å². The Morgan fingerprint density at radius 2 is 1.79 bits per heavy atom. The van der Waals surface area contributed by atoms with Crippen molar-refractivity contribution in [2.24, 2.45) is 11.8 Å². The molecule has 3 heterocycles. The topological polar surface area (TPSA) is 138 Å². The van der Waals surface area contributed by atoms with E-state index in [1.807, 2.05) is 24.3 Å². The fraction of sp³-hybridized carbons (Fsp3) is 0.250. The third kappa shape index (κ3) is 3.28. The lowest BCUT2D eigenvalue weighted by Crippen LogP contribution is -2.57. The minimum Gasteiger partial charge on any atom is -0.480 e. The predicted molar refractivity (Wildman–Crippen MR) is 116 cm³/mol. The van der Waals surface area contributed by atoms with E-state index in [1.54, 1.807) is 30.5 Å². The summed E-state index contributed by atoms with van der Waals surface area (Å²) in [5.41, 5.74) is 0.516. The second-order valence-corrected chi connectivity index (χ2v) is 8.45. The molecule has 1 aromatic heterocycles. The number of carboxylic acid groups (broad SMARTS) is 1. The number of para-hydroxylation sites is 1. The van der Waals surface area contributed by atoms with Crippen LogP contribution in [0.3, 0.4) is 0 Å². The van der Waals surface area contributed by atoms with E-state index in [2.05, 4.69) is 15.6 Å². The first kappa shape index (κ1) is 20.9. The Labute approximate surface area is 188 Å². The summed E-state index contributed by atoms with van der Waals surface area (Å²) in [4.78, 5) is 52.6. The molecule has 2 saturated heterocycles. The van der Waals surface area contributed by atoms with Gasteiger partial charge in [-0.05, 0) is 29.3 Å². The quantitative estimate of drug-likeness (QED) is 0.265. The number of carbonyl (C=O) groups is 4. The van der Waals surface area contributed by atoms with Gasteiger partial charge in [-0.15, -0.1) is 0 Å². The fourth-order valence-corrected chi connectivity index (χ4v) is 5.14. The summed E-state index contributed by atoms with van der Waals surface area (Å²) in [5.74, 6) is -4.42. The van der Waals surface area contributed by atoms with Crippen LogP contribution in [0.25, 0.3) is 10.9 Å². The van der Waals surface area contributed by atoms with Crippen molar-refractivity contribution in [3.63, 3.8) is 0 Å². The van der Waals surface area contributed by atoms with E-state index < -0.39 is 47.2 Å². The molecule has 2 amide bonds. The van der Waals surface area contributed by atoms with Crippen LogP contribution in [0.1, 0.15) is 24.1 Å². The monoisotopic (exact) mass is 447 g/mol. The van der Waals surface area contributed by atoms with Crippen molar-refractivity contribution in [3.8, 4) is 5.75 Å². The standard InChI is InChI=1S/C24H21N3O6/c1-12(28)33-15-8-6-13(7-9-15)20-18-19(22(30)26-21(18)29)24(27-20,23(31)32)10-14-11-25-17-5-3-2-4-16(14)17/h2-9,11,18-20,25,27H,10H2,1H3,(H,31,32)(H,26,29,30). The highest BCUT2D eigenvalue weighted by molar-refractivity contribution is 6.09. The van der Waals surface area contributed by atoms with Crippen molar-refractivity contribution in [1.82, 2.24) is 15.6 Å². The summed E-state index contributed by atoms with van der Waals surface area (Å²) in [6.45, 7) is 1.29. The van der Waals surface area contributed by atoms with Crippen LogP contribution in [0.5, 0.6) is 5.75 Å². The number of carbonyl (C=O) groups excluding carboxylic acids is 3. The number of hydrogen-bond donors (Lipinski definition) is 4. The molecule has 4 N–H and O–H groups in total. The summed E-state index contributed by atoms with van der Waals surface area (Å²) in [7, 11) is 0. The maximum absolute atomic E-state index is 12.8. The van der Waals surface area contributed by atoms with E-state index in [9.17, 15) is 24.3 Å². The highest BCUT2D eigenvalue weighted by atomic mass is 16.5. The Balaban J connectivity index is 1.57. The first-order valence-electron chi connectivity index (χ1n) is 10.5. The largest absolute Gasteiger partial charge is 0.480 e. The molecule has 3 aromatic rings. The maximum atomic E-state index is 12.8. The Morgan fingerprint density at radius 3 is 2.48 bits per heavy atom. The number of nitrogens with one attached hydrogen (secondary N) is 3. The molecule has 9 heteroatoms. The van der Waals surface area contributed by atoms with Crippen LogP contribution in [0.2, 0.25) is 0 Å². The number of esters is 1. The summed E-state index contributed by atoms with van der Waals surface area (Å²) < 4.78 is 5.06. The van der Waals surface area contributed by atoms with Gasteiger partial charge >= 0.3 is 11.9 Å². The number of amides is 2. The van der Waals surface area contributed by atoms with Gasteiger partial charge in [0.05, 0.1) is 11.8 Å². The third-order valence-corrected chi connectivity index (χ3v) is 6.52. The number of imide groups is 1. The van der Waals surface area contributed by atoms with Crippen molar-refractivity contribution < 1.29 is 29.0 Å². The zero-order valence-electron chi connectivity index (χ0n) is 17.6. The molecule has 0 radical (unpaired) electrons. The van der Waals surface area contributed by atoms with Crippen LogP contribution in [0.15, 0.2) is 54.7 Å². The molecule has 0 spiro atoms. The van der Waals surface area contributed by atoms with Crippen LogP contribution in [0.4, 0.5) is 0 Å². The second kappa shape index (κ2) is 7.56. The second-order valence-electron chi connectivity index (χ2n) is 8.45. The molecule has 5 rings (SSSR count). The molecule has 0 aliphatic carbocycles. The van der Waals surface area contributed by atoms with Crippen LogP contribution in [0, 0.1) is 11.8 Å². The first-order valence-corrected chi connectivity index (χ1v) is 10.5. The number of H-pyrrole nitrogens is 1. The average Bonchev–Trinajstić information content (AvgIpc) is 3.43. The van der Waals surface area contributed by atoms with Crippen molar-refractivity contribution in [2.75, 3.05) is 0 Å². The lowest BCUT2D eigenvalue weighted by atomic mass is 9.76. The minimum absolute atomic E-state index is 0.0102. The van der Waals surface area contributed by atoms with Gasteiger partial charge in [-0.1, -0.05) is 30.3 Å². The molecule has 2 fully saturated rings. The van der Waals surface area contributed by atoms with Gasteiger partial charge in [-0.2, -0.15) is 0 Å². The van der Waals surface area contributed by atoms with E-state index in [-0.39, 0.29) is 6.42 Å². The third-order valence-electron chi connectivity index (χ3n) is 6.52. The van der Waals surface area contributed by atoms with Gasteiger partial charge in [0.2, 0.25) is 11.8 Å². The minimum atomic E-state index is -1.69. The number of fused-ring (bicyclic) bond motifs is 2. The molecule has 33 heavy (non-hydrogen) atoms. The maximum Gasteiger partial charge on any atom is 0.325 e. The fourth-order valence-electron chi connectivity index (χ4n) is 5.14. The summed E-state index contributed by atoms with van der Waals surface area (Å²) in [6, 6.07) is 13.2. The highest BCUT2D eigenvalue weighted by Crippen LogP contribution is 2.48. The van der Waals surface area contributed by atoms with E-state index in [4.69, 9.17) is 4.74 Å². The Morgan fingerprint density at radius 1 is 1.06 bits per heavy atom. The number of carboxylic acids is 1. The van der Waals surface area contributed by atoms with E-state index in [0.29, 0.717) is 11.3 Å². The van der Waals surface area contributed by atoms with Crippen molar-refractivity contribution in [2.45, 2.75) is 24.9 Å². The smallest absolute Gasteiger partial charge is 0.325 e. The molecular weight excluding hydrogens is 426 g/mol. The van der Waals surface area contributed by atoms with E-state index in [1.165, 1.54) is 6.92 Å². The predicted octanol–water partition coefficient (Wildman–Crippen LogP) is 1.69. The van der Waals surface area contributed by atoms with Crippen molar-refractivity contribution in [3.05, 3.63) is 65.9 Å². The number of hydrogen-bond acceptors (Lipinski definition) is 6. The van der Waals surface area contributed by atoms with Gasteiger partial charge in [0, 0.05) is 36.5 Å². The SMILES string of the molecule is CC(=O)Oc1ccc(C2NC(Cc3c[nH]c4ccccc34)(C(=O)O)C3C(=O)NC(=O)C23)cc1. The van der Waals surface area contributed by atoms with Crippen LogP contribution < -0.4 is 15.4 Å². The van der Waals surface area contributed by atoms with Gasteiger partial charge in [0.15, 0.2) is 0 Å². The van der Waals surface area contributed by atoms with E-state index in [0.717, 1.165) is 16.5 Å². The Bertz CT molecular complexity index is 1300. The highest BCUT2D eigenvalue weighted by Gasteiger charge is 2.66. The average molecular weight is 447 g/mol. The molecule has 2 aromatic carbocycles. The Kier molecular flexibility index (Phi) is 4.79. The molecule has 2 aliphatic rings. The molecule has 9 nitrogen and oxygen atoms in total. The number of benzene rings is 2. The normalized spacial score (nSPS) is 26.3. The molecule has 2 aliphatic heterocycles. The molecule has 168 valence electrons. The molecule has 0 bridgehead atoms. The molecule has 4 atom stereocenters. The Hall–Kier alpha value is -3.98. The number of aromatic amines is 1. The van der Waals surface area contributed by atoms with Crippen molar-refractivity contribution >= 4 is 34.7 Å². The number of ether oxygens (including phenoxy) is 1. The summed E-state index contributed by atoms with van der Waals surface area (Å²) >= 11 is 0. The van der Waals surface area contributed by atoms with Gasteiger partial charge in [0.1, 0.15) is 11.3 Å². The number of aliphatic carboxylic acids is 1. The zero-order valence-corrected chi connectivity index (χ0v) is 17.6. The summed E-state index contributed by atoms with van der Waals surface area (Å²) in [6.07, 6.45) is 1.75. The molecular formula is C24H21N3O6. The molecule has 4 unspecified atom stereocenters. The van der Waals surface area contributed by atoms with E-state index >= 15 is 0 Å². The first-order chi connectivity index (χ1) is 15.8. The zero-order chi connectivity index (χ0) is 23.3. The van der Waals surface area contributed by atoms with Gasteiger partial charge in [-0.3, -0.25) is 29.8 Å². The van der Waals surface area contributed by atoms with Gasteiger partial charge in [-0.25, -0.2) is 0 Å². The van der Waals surface area contributed by atoms with Gasteiger partial charge < -0.3 is 14.8 Å². The summed E-state index contributed by atoms with van der Waals surface area (Å²) in [5, 5.41) is 16.7. The van der Waals surface area contributed by atoms with Gasteiger partial charge in [0.25, 0.3) is 0 Å². The number of rotatable bonds is 5.